The Balaban J connectivity index is 1.45. The van der Waals surface area contributed by atoms with Crippen LogP contribution in [-0.4, -0.2) is 54.0 Å². The summed E-state index contributed by atoms with van der Waals surface area (Å²) in [6.07, 6.45) is 0. The molecule has 166 valence electrons. The fourth-order valence-electron chi connectivity index (χ4n) is 3.61. The van der Waals surface area contributed by atoms with Gasteiger partial charge in [0.25, 0.3) is 5.69 Å². The summed E-state index contributed by atoms with van der Waals surface area (Å²) in [6.45, 7) is 5.53. The van der Waals surface area contributed by atoms with Crippen LogP contribution < -0.4 is 4.90 Å². The van der Waals surface area contributed by atoms with Gasteiger partial charge in [0.1, 0.15) is 0 Å². The standard InChI is InChI=1S/C22H23N5O4S/c1-16-6-7-18(14-17(16)2)21-8-9-22(24-23-21)25-10-12-26(13-11-25)32(30,31)20-5-3-4-19(15-20)27(28)29/h3-9,14-15H,10-13H2,1-2H3. The summed E-state index contributed by atoms with van der Waals surface area (Å²) in [7, 11) is -3.81. The monoisotopic (exact) mass is 453 g/mol. The number of rotatable bonds is 5. The third kappa shape index (κ3) is 4.32. The fraction of sp³-hybridized carbons (Fsp3) is 0.273. The fourth-order valence-corrected chi connectivity index (χ4v) is 5.08. The molecular formula is C22H23N5O4S. The second-order valence-electron chi connectivity index (χ2n) is 7.72. The minimum absolute atomic E-state index is 0.0716. The van der Waals surface area contributed by atoms with Gasteiger partial charge in [-0.15, -0.1) is 10.2 Å². The molecule has 1 aromatic heterocycles. The van der Waals surface area contributed by atoms with Gasteiger partial charge in [-0.05, 0) is 49.2 Å². The Bertz CT molecular complexity index is 1250. The SMILES string of the molecule is Cc1ccc(-c2ccc(N3CCN(S(=O)(=O)c4cccc([N+](=O)[O-])c4)CC3)nn2)cc1C. The molecule has 1 saturated heterocycles. The lowest BCUT2D eigenvalue weighted by atomic mass is 10.0. The van der Waals surface area contributed by atoms with Crippen molar-refractivity contribution in [3.8, 4) is 11.3 Å². The van der Waals surface area contributed by atoms with Crippen LogP contribution in [0.4, 0.5) is 11.5 Å². The number of hydrogen-bond donors (Lipinski definition) is 0. The van der Waals surface area contributed by atoms with E-state index in [1.807, 2.05) is 23.1 Å². The van der Waals surface area contributed by atoms with Crippen molar-refractivity contribution in [2.45, 2.75) is 18.7 Å². The Kier molecular flexibility index (Phi) is 5.90. The number of hydrogen-bond acceptors (Lipinski definition) is 7. The first kappa shape index (κ1) is 21.8. The summed E-state index contributed by atoms with van der Waals surface area (Å²) >= 11 is 0. The number of non-ortho nitro benzene ring substituents is 1. The van der Waals surface area contributed by atoms with Gasteiger partial charge in [0.05, 0.1) is 15.5 Å². The largest absolute Gasteiger partial charge is 0.352 e. The van der Waals surface area contributed by atoms with E-state index in [0.717, 1.165) is 17.3 Å². The molecular weight excluding hydrogens is 430 g/mol. The van der Waals surface area contributed by atoms with Crippen LogP contribution in [0.5, 0.6) is 0 Å². The van der Waals surface area contributed by atoms with Crippen molar-refractivity contribution in [1.29, 1.82) is 0 Å². The summed E-state index contributed by atoms with van der Waals surface area (Å²) in [4.78, 5) is 12.3. The molecule has 10 heteroatoms. The molecule has 0 saturated carbocycles. The maximum absolute atomic E-state index is 12.9. The first-order chi connectivity index (χ1) is 15.3. The number of anilines is 1. The van der Waals surface area contributed by atoms with Crippen LogP contribution >= 0.6 is 0 Å². The highest BCUT2D eigenvalue weighted by Gasteiger charge is 2.30. The van der Waals surface area contributed by atoms with Gasteiger partial charge in [0, 0.05) is 43.9 Å². The molecule has 0 N–H and O–H groups in total. The zero-order valence-electron chi connectivity index (χ0n) is 17.8. The van der Waals surface area contributed by atoms with Crippen molar-refractivity contribution in [3.05, 3.63) is 75.8 Å². The van der Waals surface area contributed by atoms with Crippen molar-refractivity contribution in [2.75, 3.05) is 31.1 Å². The highest BCUT2D eigenvalue weighted by Crippen LogP contribution is 2.24. The molecule has 2 heterocycles. The van der Waals surface area contributed by atoms with E-state index in [1.165, 1.54) is 33.6 Å². The Hall–Kier alpha value is -3.37. The van der Waals surface area contributed by atoms with Crippen molar-refractivity contribution in [2.24, 2.45) is 0 Å². The van der Waals surface area contributed by atoms with Crippen LogP contribution in [0, 0.1) is 24.0 Å². The van der Waals surface area contributed by atoms with Gasteiger partial charge in [-0.25, -0.2) is 8.42 Å². The Morgan fingerprint density at radius 2 is 1.66 bits per heavy atom. The van der Waals surface area contributed by atoms with E-state index in [9.17, 15) is 18.5 Å². The van der Waals surface area contributed by atoms with Gasteiger partial charge in [-0.2, -0.15) is 4.31 Å². The molecule has 1 fully saturated rings. The lowest BCUT2D eigenvalue weighted by molar-refractivity contribution is -0.385. The normalized spacial score (nSPS) is 15.0. The molecule has 0 unspecified atom stereocenters. The summed E-state index contributed by atoms with van der Waals surface area (Å²) in [5, 5.41) is 19.7. The van der Waals surface area contributed by atoms with Gasteiger partial charge >= 0.3 is 0 Å². The number of aryl methyl sites for hydroxylation is 2. The van der Waals surface area contributed by atoms with E-state index in [1.54, 1.807) is 0 Å². The average molecular weight is 454 g/mol. The third-order valence-electron chi connectivity index (χ3n) is 5.68. The lowest BCUT2D eigenvalue weighted by Gasteiger charge is -2.34. The Labute approximate surface area is 186 Å². The van der Waals surface area contributed by atoms with Gasteiger partial charge in [0.2, 0.25) is 10.0 Å². The van der Waals surface area contributed by atoms with E-state index in [-0.39, 0.29) is 23.7 Å². The molecule has 0 spiro atoms. The third-order valence-corrected chi connectivity index (χ3v) is 7.58. The van der Waals surface area contributed by atoms with Crippen molar-refractivity contribution >= 4 is 21.5 Å². The van der Waals surface area contributed by atoms with Crippen LogP contribution in [0.1, 0.15) is 11.1 Å². The van der Waals surface area contributed by atoms with Gasteiger partial charge in [-0.1, -0.05) is 18.2 Å². The molecule has 32 heavy (non-hydrogen) atoms. The smallest absolute Gasteiger partial charge is 0.270 e. The molecule has 0 atom stereocenters. The van der Waals surface area contributed by atoms with Crippen LogP contribution in [0.25, 0.3) is 11.3 Å². The van der Waals surface area contributed by atoms with Crippen LogP contribution in [0.15, 0.2) is 59.5 Å². The minimum Gasteiger partial charge on any atom is -0.352 e. The number of aromatic nitrogens is 2. The summed E-state index contributed by atoms with van der Waals surface area (Å²) in [5.41, 5.74) is 3.94. The summed E-state index contributed by atoms with van der Waals surface area (Å²) in [5.74, 6) is 0.685. The molecule has 1 aliphatic heterocycles. The molecule has 0 aliphatic carbocycles. The number of benzene rings is 2. The zero-order chi connectivity index (χ0) is 22.9. The molecule has 0 bridgehead atoms. The van der Waals surface area contributed by atoms with Gasteiger partial charge < -0.3 is 4.90 Å². The predicted molar refractivity (Wildman–Crippen MR) is 121 cm³/mol. The Morgan fingerprint density at radius 3 is 2.28 bits per heavy atom. The van der Waals surface area contributed by atoms with E-state index < -0.39 is 14.9 Å². The van der Waals surface area contributed by atoms with Gasteiger partial charge in [0.15, 0.2) is 5.82 Å². The molecule has 0 radical (unpaired) electrons. The molecule has 4 rings (SSSR count). The van der Waals surface area contributed by atoms with E-state index >= 15 is 0 Å². The summed E-state index contributed by atoms with van der Waals surface area (Å²) in [6, 6.07) is 15.1. The second-order valence-corrected chi connectivity index (χ2v) is 9.66. The molecule has 3 aromatic rings. The van der Waals surface area contributed by atoms with Crippen LogP contribution in [0.2, 0.25) is 0 Å². The molecule has 1 aliphatic rings. The van der Waals surface area contributed by atoms with Crippen LogP contribution in [-0.2, 0) is 10.0 Å². The second kappa shape index (κ2) is 8.64. The van der Waals surface area contributed by atoms with Crippen molar-refractivity contribution in [1.82, 2.24) is 14.5 Å². The number of piperazine rings is 1. The van der Waals surface area contributed by atoms with Crippen molar-refractivity contribution < 1.29 is 13.3 Å². The maximum atomic E-state index is 12.9. The van der Waals surface area contributed by atoms with E-state index in [0.29, 0.717) is 18.9 Å². The van der Waals surface area contributed by atoms with Crippen molar-refractivity contribution in [3.63, 3.8) is 0 Å². The Morgan fingerprint density at radius 1 is 0.906 bits per heavy atom. The topological polar surface area (TPSA) is 110 Å². The number of nitrogens with zero attached hydrogens (tertiary/aromatic N) is 5. The minimum atomic E-state index is -3.81. The maximum Gasteiger partial charge on any atom is 0.270 e. The number of sulfonamides is 1. The lowest BCUT2D eigenvalue weighted by Crippen LogP contribution is -2.49. The zero-order valence-corrected chi connectivity index (χ0v) is 18.6. The van der Waals surface area contributed by atoms with E-state index in [4.69, 9.17) is 0 Å². The average Bonchev–Trinajstić information content (AvgIpc) is 2.81. The summed E-state index contributed by atoms with van der Waals surface area (Å²) < 4.78 is 27.2. The number of nitro benzene ring substituents is 1. The highest BCUT2D eigenvalue weighted by atomic mass is 32.2. The molecule has 2 aromatic carbocycles. The van der Waals surface area contributed by atoms with Crippen LogP contribution in [0.3, 0.4) is 0 Å². The highest BCUT2D eigenvalue weighted by molar-refractivity contribution is 7.89. The molecule has 9 nitrogen and oxygen atoms in total. The predicted octanol–water partition coefficient (Wildman–Crippen LogP) is 3.18. The quantitative estimate of drug-likeness (QED) is 0.431. The van der Waals surface area contributed by atoms with E-state index in [2.05, 4.69) is 36.2 Å². The molecule has 0 amide bonds. The van der Waals surface area contributed by atoms with Gasteiger partial charge in [-0.3, -0.25) is 10.1 Å². The first-order valence-electron chi connectivity index (χ1n) is 10.2. The first-order valence-corrected chi connectivity index (χ1v) is 11.6. The number of nitro groups is 1.